The zero-order chi connectivity index (χ0) is 13.7. The fourth-order valence-corrected chi connectivity index (χ4v) is 4.41. The van der Waals surface area contributed by atoms with Gasteiger partial charge in [-0.1, -0.05) is 12.1 Å². The number of likely N-dealkylation sites (N-methyl/N-ethyl adjacent to an activating group) is 1. The van der Waals surface area contributed by atoms with Crippen LogP contribution in [-0.2, 0) is 11.2 Å². The van der Waals surface area contributed by atoms with Gasteiger partial charge in [0.1, 0.15) is 0 Å². The van der Waals surface area contributed by atoms with Gasteiger partial charge in [-0.2, -0.15) is 0 Å². The largest absolute Gasteiger partial charge is 0.384 e. The van der Waals surface area contributed by atoms with Crippen LogP contribution in [0.5, 0.6) is 0 Å². The molecule has 3 atom stereocenters. The molecular formula is C17H22N2O. The van der Waals surface area contributed by atoms with E-state index in [-0.39, 0.29) is 0 Å². The lowest BCUT2D eigenvalue weighted by atomic mass is 9.72. The van der Waals surface area contributed by atoms with Gasteiger partial charge in [0.25, 0.3) is 0 Å². The third-order valence-electron chi connectivity index (χ3n) is 5.21. The molecule has 4 rings (SSSR count). The number of H-pyrrole nitrogens is 1. The quantitative estimate of drug-likeness (QED) is 0.909. The minimum atomic E-state index is 0.650. The van der Waals surface area contributed by atoms with Gasteiger partial charge in [-0.25, -0.2) is 0 Å². The van der Waals surface area contributed by atoms with E-state index in [1.54, 1.807) is 5.56 Å². The Morgan fingerprint density at radius 3 is 3.15 bits per heavy atom. The fourth-order valence-electron chi connectivity index (χ4n) is 4.41. The lowest BCUT2D eigenvalue weighted by Crippen LogP contribution is -2.48. The van der Waals surface area contributed by atoms with Gasteiger partial charge < -0.3 is 14.6 Å². The van der Waals surface area contributed by atoms with Gasteiger partial charge in [-0.05, 0) is 43.0 Å². The zero-order valence-electron chi connectivity index (χ0n) is 12.2. The summed E-state index contributed by atoms with van der Waals surface area (Å²) in [6.07, 6.45) is 4.64. The van der Waals surface area contributed by atoms with Crippen LogP contribution in [0.15, 0.2) is 24.4 Å². The maximum absolute atomic E-state index is 5.40. The first-order valence-corrected chi connectivity index (χ1v) is 7.56. The molecular weight excluding hydrogens is 248 g/mol. The van der Waals surface area contributed by atoms with Gasteiger partial charge in [0.05, 0.1) is 6.61 Å². The summed E-state index contributed by atoms with van der Waals surface area (Å²) in [7, 11) is 4.09. The highest BCUT2D eigenvalue weighted by molar-refractivity contribution is 5.88. The van der Waals surface area contributed by atoms with Crippen molar-refractivity contribution in [3.63, 3.8) is 0 Å². The Kier molecular flexibility index (Phi) is 2.86. The van der Waals surface area contributed by atoms with E-state index in [1.807, 2.05) is 7.11 Å². The Bertz CT molecular complexity index is 633. The second-order valence-electron chi connectivity index (χ2n) is 6.46. The van der Waals surface area contributed by atoms with Crippen LogP contribution >= 0.6 is 0 Å². The van der Waals surface area contributed by atoms with E-state index in [0.29, 0.717) is 17.9 Å². The minimum Gasteiger partial charge on any atom is -0.384 e. The SMILES string of the molecule is COC[C@@H]1CC2c3cccc4[nH]cc(c34)C[C@H]2N(C)C1. The maximum atomic E-state index is 5.40. The minimum absolute atomic E-state index is 0.650. The Hall–Kier alpha value is -1.32. The van der Waals surface area contributed by atoms with Crippen LogP contribution in [0.4, 0.5) is 0 Å². The van der Waals surface area contributed by atoms with Crippen molar-refractivity contribution >= 4 is 10.9 Å². The number of ether oxygens (including phenoxy) is 1. The molecule has 3 heteroatoms. The number of aromatic amines is 1. The first-order valence-electron chi connectivity index (χ1n) is 7.56. The molecule has 1 unspecified atom stereocenters. The molecule has 0 bridgehead atoms. The molecule has 0 amide bonds. The van der Waals surface area contributed by atoms with E-state index in [0.717, 1.165) is 13.2 Å². The molecule has 1 aromatic heterocycles. The Morgan fingerprint density at radius 1 is 1.40 bits per heavy atom. The van der Waals surface area contributed by atoms with Gasteiger partial charge in [0, 0.05) is 42.7 Å². The highest BCUT2D eigenvalue weighted by Gasteiger charge is 2.39. The molecule has 0 saturated carbocycles. The Labute approximate surface area is 119 Å². The number of nitrogens with one attached hydrogen (secondary N) is 1. The molecule has 20 heavy (non-hydrogen) atoms. The highest BCUT2D eigenvalue weighted by Crippen LogP contribution is 2.44. The van der Waals surface area contributed by atoms with Crippen LogP contribution in [0.25, 0.3) is 10.9 Å². The fraction of sp³-hybridized carbons (Fsp3) is 0.529. The second-order valence-corrected chi connectivity index (χ2v) is 6.46. The number of hydrogen-bond acceptors (Lipinski definition) is 2. The predicted molar refractivity (Wildman–Crippen MR) is 81.1 cm³/mol. The number of likely N-dealkylation sites (tertiary alicyclic amines) is 1. The second kappa shape index (κ2) is 4.61. The van der Waals surface area contributed by atoms with Crippen LogP contribution in [-0.4, -0.2) is 43.2 Å². The molecule has 106 valence electrons. The van der Waals surface area contributed by atoms with Gasteiger partial charge in [-0.3, -0.25) is 0 Å². The predicted octanol–water partition coefficient (Wildman–Crippen LogP) is 2.77. The molecule has 1 aliphatic heterocycles. The van der Waals surface area contributed by atoms with Crippen molar-refractivity contribution in [1.29, 1.82) is 0 Å². The van der Waals surface area contributed by atoms with E-state index in [2.05, 4.69) is 41.3 Å². The number of methoxy groups -OCH3 is 1. The van der Waals surface area contributed by atoms with Crippen molar-refractivity contribution < 1.29 is 4.74 Å². The van der Waals surface area contributed by atoms with Gasteiger partial charge in [0.15, 0.2) is 0 Å². The summed E-state index contributed by atoms with van der Waals surface area (Å²) >= 11 is 0. The average molecular weight is 270 g/mol. The molecule has 1 N–H and O–H groups in total. The third-order valence-corrected chi connectivity index (χ3v) is 5.21. The van der Waals surface area contributed by atoms with Crippen molar-refractivity contribution in [1.82, 2.24) is 9.88 Å². The van der Waals surface area contributed by atoms with E-state index >= 15 is 0 Å². The number of aromatic nitrogens is 1. The molecule has 1 aliphatic carbocycles. The number of fused-ring (bicyclic) bond motifs is 2. The average Bonchev–Trinajstić information content (AvgIpc) is 2.86. The van der Waals surface area contributed by atoms with Crippen molar-refractivity contribution in [3.8, 4) is 0 Å². The van der Waals surface area contributed by atoms with Crippen LogP contribution in [0.2, 0.25) is 0 Å². The highest BCUT2D eigenvalue weighted by atomic mass is 16.5. The van der Waals surface area contributed by atoms with E-state index in [9.17, 15) is 0 Å². The van der Waals surface area contributed by atoms with Gasteiger partial charge >= 0.3 is 0 Å². The van der Waals surface area contributed by atoms with Crippen molar-refractivity contribution in [2.24, 2.45) is 5.92 Å². The summed E-state index contributed by atoms with van der Waals surface area (Å²) in [6, 6.07) is 7.37. The molecule has 1 saturated heterocycles. The Morgan fingerprint density at radius 2 is 2.30 bits per heavy atom. The molecule has 1 fully saturated rings. The van der Waals surface area contributed by atoms with E-state index in [4.69, 9.17) is 4.74 Å². The number of nitrogens with zero attached hydrogens (tertiary/aromatic N) is 1. The molecule has 3 nitrogen and oxygen atoms in total. The molecule has 2 heterocycles. The molecule has 2 aliphatic rings. The lowest BCUT2D eigenvalue weighted by molar-refractivity contribution is 0.0587. The zero-order valence-corrected chi connectivity index (χ0v) is 12.2. The van der Waals surface area contributed by atoms with Crippen molar-refractivity contribution in [3.05, 3.63) is 35.5 Å². The first-order chi connectivity index (χ1) is 9.78. The summed E-state index contributed by atoms with van der Waals surface area (Å²) in [5.41, 5.74) is 4.34. The Balaban J connectivity index is 1.79. The van der Waals surface area contributed by atoms with Crippen LogP contribution < -0.4 is 0 Å². The molecule has 2 aromatic rings. The summed E-state index contributed by atoms with van der Waals surface area (Å²) in [5, 5.41) is 1.49. The van der Waals surface area contributed by atoms with Gasteiger partial charge in [0.2, 0.25) is 0 Å². The molecule has 1 aromatic carbocycles. The molecule has 0 spiro atoms. The van der Waals surface area contributed by atoms with Crippen LogP contribution in [0.1, 0.15) is 23.5 Å². The van der Waals surface area contributed by atoms with Gasteiger partial charge in [-0.15, -0.1) is 0 Å². The van der Waals surface area contributed by atoms with E-state index in [1.165, 1.54) is 29.3 Å². The normalized spacial score (nSPS) is 29.6. The van der Waals surface area contributed by atoms with Crippen LogP contribution in [0, 0.1) is 5.92 Å². The monoisotopic (exact) mass is 270 g/mol. The smallest absolute Gasteiger partial charge is 0.0502 e. The topological polar surface area (TPSA) is 28.3 Å². The number of rotatable bonds is 2. The number of hydrogen-bond donors (Lipinski definition) is 1. The standard InChI is InChI=1S/C17H22N2O/c1-19-9-11(10-20-2)6-14-13-4-3-5-15-17(13)12(8-18-15)7-16(14)19/h3-5,8,11,14,16,18H,6-7,9-10H2,1-2H3/t11-,14?,16-/m1/s1. The number of benzene rings is 1. The lowest BCUT2D eigenvalue weighted by Gasteiger charge is -2.45. The maximum Gasteiger partial charge on any atom is 0.0502 e. The van der Waals surface area contributed by atoms with Crippen molar-refractivity contribution in [2.45, 2.75) is 24.8 Å². The van der Waals surface area contributed by atoms with E-state index < -0.39 is 0 Å². The summed E-state index contributed by atoms with van der Waals surface area (Å²) in [5.74, 6) is 1.31. The van der Waals surface area contributed by atoms with Crippen molar-refractivity contribution in [2.75, 3.05) is 27.3 Å². The van der Waals surface area contributed by atoms with Crippen LogP contribution in [0.3, 0.4) is 0 Å². The molecule has 0 radical (unpaired) electrons. The summed E-state index contributed by atoms with van der Waals surface area (Å²) in [4.78, 5) is 5.99. The first kappa shape index (κ1) is 12.4. The summed E-state index contributed by atoms with van der Waals surface area (Å²) in [6.45, 7) is 2.04. The number of piperidine rings is 1. The summed E-state index contributed by atoms with van der Waals surface area (Å²) < 4.78 is 5.40. The third kappa shape index (κ3) is 1.73.